The van der Waals surface area contributed by atoms with Gasteiger partial charge in [-0.25, -0.2) is 0 Å². The van der Waals surface area contributed by atoms with E-state index in [1.54, 1.807) is 73.8 Å². The molecule has 0 aliphatic carbocycles. The Morgan fingerprint density at radius 3 is 1.94 bits per heavy atom. The summed E-state index contributed by atoms with van der Waals surface area (Å²) < 4.78 is 5.24. The lowest BCUT2D eigenvalue weighted by atomic mass is 10.1. The number of nitrogens with one attached hydrogen (secondary N) is 3. The molecule has 8 heteroatoms. The normalized spacial score (nSPS) is 11.7. The number of rotatable bonds is 11. The van der Waals surface area contributed by atoms with E-state index >= 15 is 0 Å². The van der Waals surface area contributed by atoms with Crippen LogP contribution in [0.15, 0.2) is 138 Å². The highest BCUT2D eigenvalue weighted by Crippen LogP contribution is 2.37. The topological polar surface area (TPSA) is 96.5 Å². The van der Waals surface area contributed by atoms with Crippen LogP contribution in [0.3, 0.4) is 0 Å². The number of carbonyl (C=O) groups is 3. The lowest BCUT2D eigenvalue weighted by Gasteiger charge is -2.19. The Balaban J connectivity index is 1.34. The summed E-state index contributed by atoms with van der Waals surface area (Å²) in [5.41, 5.74) is 5.43. The molecular weight excluding hydrogens is 607 g/mol. The molecular formula is C39H35N3O4S. The first-order chi connectivity index (χ1) is 22.8. The van der Waals surface area contributed by atoms with Crippen molar-refractivity contribution in [2.45, 2.75) is 24.0 Å². The summed E-state index contributed by atoms with van der Waals surface area (Å²) in [7, 11) is 1.58. The van der Waals surface area contributed by atoms with Gasteiger partial charge in [-0.05, 0) is 90.7 Å². The third kappa shape index (κ3) is 8.77. The highest BCUT2D eigenvalue weighted by molar-refractivity contribution is 8.00. The van der Waals surface area contributed by atoms with E-state index in [0.717, 1.165) is 27.3 Å². The van der Waals surface area contributed by atoms with Crippen LogP contribution in [0.5, 0.6) is 5.75 Å². The highest BCUT2D eigenvalue weighted by atomic mass is 32.2. The van der Waals surface area contributed by atoms with E-state index in [2.05, 4.69) is 16.0 Å². The fraction of sp³-hybridized carbons (Fsp3) is 0.103. The number of carbonyl (C=O) groups excluding carboxylic acids is 3. The van der Waals surface area contributed by atoms with Crippen molar-refractivity contribution in [1.82, 2.24) is 5.32 Å². The SMILES string of the molecule is COc1ccc(/C=C(\NC(=O)c2ccccc2)C(=O)Nc2ccc(SC(C(=O)Nc3c(C)cccc3C)c3ccccc3)cc2)cc1. The minimum absolute atomic E-state index is 0.0785. The Bertz CT molecular complexity index is 1850. The molecule has 0 spiro atoms. The van der Waals surface area contributed by atoms with Gasteiger partial charge in [-0.1, -0.05) is 78.9 Å². The summed E-state index contributed by atoms with van der Waals surface area (Å²) >= 11 is 1.42. The number of para-hydroxylation sites is 1. The quantitative estimate of drug-likeness (QED) is 0.0998. The van der Waals surface area contributed by atoms with Crippen LogP contribution in [0.2, 0.25) is 0 Å². The van der Waals surface area contributed by atoms with Gasteiger partial charge in [-0.3, -0.25) is 14.4 Å². The zero-order chi connectivity index (χ0) is 33.2. The van der Waals surface area contributed by atoms with Gasteiger partial charge >= 0.3 is 0 Å². The number of methoxy groups -OCH3 is 1. The molecule has 0 aliphatic heterocycles. The van der Waals surface area contributed by atoms with Crippen LogP contribution in [0.4, 0.5) is 11.4 Å². The Kier molecular flexibility index (Phi) is 10.9. The minimum atomic E-state index is -0.511. The smallest absolute Gasteiger partial charge is 0.272 e. The van der Waals surface area contributed by atoms with Crippen LogP contribution in [0.25, 0.3) is 6.08 Å². The zero-order valence-electron chi connectivity index (χ0n) is 26.3. The molecule has 5 aromatic carbocycles. The second kappa shape index (κ2) is 15.6. The maximum atomic E-state index is 13.6. The standard InChI is InChI=1S/C39H35N3O4S/c1-26-11-10-12-27(2)35(26)42-39(45)36(29-13-6-4-7-14-29)47-33-23-19-31(20-24-33)40-38(44)34(25-28-17-21-32(46-3)22-18-28)41-37(43)30-15-8-5-9-16-30/h4-25,36H,1-3H3,(H,40,44)(H,41,43)(H,42,45)/b34-25-. The van der Waals surface area contributed by atoms with E-state index in [9.17, 15) is 14.4 Å². The van der Waals surface area contributed by atoms with E-state index in [4.69, 9.17) is 4.74 Å². The van der Waals surface area contributed by atoms with Gasteiger partial charge in [0.2, 0.25) is 5.91 Å². The van der Waals surface area contributed by atoms with Gasteiger partial charge < -0.3 is 20.7 Å². The van der Waals surface area contributed by atoms with Gasteiger partial charge in [-0.15, -0.1) is 11.8 Å². The van der Waals surface area contributed by atoms with Gasteiger partial charge in [0.05, 0.1) is 7.11 Å². The fourth-order valence-corrected chi connectivity index (χ4v) is 5.89. The van der Waals surface area contributed by atoms with Crippen LogP contribution in [-0.2, 0) is 9.59 Å². The van der Waals surface area contributed by atoms with Gasteiger partial charge in [0.15, 0.2) is 0 Å². The van der Waals surface area contributed by atoms with E-state index in [0.29, 0.717) is 22.6 Å². The molecule has 236 valence electrons. The largest absolute Gasteiger partial charge is 0.497 e. The zero-order valence-corrected chi connectivity index (χ0v) is 27.1. The van der Waals surface area contributed by atoms with E-state index in [1.807, 2.05) is 80.6 Å². The summed E-state index contributed by atoms with van der Waals surface area (Å²) in [6, 6.07) is 38.7. The number of benzene rings is 5. The predicted octanol–water partition coefficient (Wildman–Crippen LogP) is 8.19. The molecule has 0 saturated heterocycles. The number of ether oxygens (including phenoxy) is 1. The monoisotopic (exact) mass is 641 g/mol. The number of hydrogen-bond acceptors (Lipinski definition) is 5. The summed E-state index contributed by atoms with van der Waals surface area (Å²) in [6.07, 6.45) is 1.61. The number of aryl methyl sites for hydroxylation is 2. The van der Waals surface area contributed by atoms with Crippen molar-refractivity contribution in [3.8, 4) is 5.75 Å². The predicted molar refractivity (Wildman–Crippen MR) is 190 cm³/mol. The third-order valence-corrected chi connectivity index (χ3v) is 8.66. The molecule has 7 nitrogen and oxygen atoms in total. The van der Waals surface area contributed by atoms with Crippen LogP contribution in [0, 0.1) is 13.8 Å². The molecule has 1 unspecified atom stereocenters. The molecule has 47 heavy (non-hydrogen) atoms. The molecule has 0 heterocycles. The van der Waals surface area contributed by atoms with E-state index in [1.165, 1.54) is 11.8 Å². The maximum absolute atomic E-state index is 13.6. The van der Waals surface area contributed by atoms with Crippen LogP contribution in [-0.4, -0.2) is 24.8 Å². The average Bonchev–Trinajstić information content (AvgIpc) is 3.10. The molecule has 0 radical (unpaired) electrons. The molecule has 5 aromatic rings. The second-order valence-electron chi connectivity index (χ2n) is 10.8. The molecule has 3 N–H and O–H groups in total. The summed E-state index contributed by atoms with van der Waals surface area (Å²) in [4.78, 5) is 41.0. The molecule has 0 aromatic heterocycles. The van der Waals surface area contributed by atoms with Gasteiger partial charge in [0, 0.05) is 21.8 Å². The first-order valence-electron chi connectivity index (χ1n) is 15.0. The fourth-order valence-electron chi connectivity index (χ4n) is 4.86. The van der Waals surface area contributed by atoms with Gasteiger partial charge in [0.1, 0.15) is 16.7 Å². The molecule has 0 bridgehead atoms. The van der Waals surface area contributed by atoms with Crippen LogP contribution >= 0.6 is 11.8 Å². The molecule has 3 amide bonds. The van der Waals surface area contributed by atoms with Crippen molar-refractivity contribution in [2.24, 2.45) is 0 Å². The van der Waals surface area contributed by atoms with Crippen molar-refractivity contribution in [2.75, 3.05) is 17.7 Å². The van der Waals surface area contributed by atoms with Crippen molar-refractivity contribution in [1.29, 1.82) is 0 Å². The van der Waals surface area contributed by atoms with Crippen molar-refractivity contribution >= 4 is 46.9 Å². The van der Waals surface area contributed by atoms with Crippen LogP contribution < -0.4 is 20.7 Å². The Morgan fingerprint density at radius 2 is 1.32 bits per heavy atom. The first-order valence-corrected chi connectivity index (χ1v) is 15.9. The van der Waals surface area contributed by atoms with Crippen molar-refractivity contribution < 1.29 is 19.1 Å². The van der Waals surface area contributed by atoms with E-state index < -0.39 is 17.1 Å². The molecule has 1 atom stereocenters. The minimum Gasteiger partial charge on any atom is -0.497 e. The number of thioether (sulfide) groups is 1. The lowest BCUT2D eigenvalue weighted by Crippen LogP contribution is -2.30. The molecule has 0 saturated carbocycles. The summed E-state index contributed by atoms with van der Waals surface area (Å²) in [5.74, 6) is -0.339. The Labute approximate surface area is 279 Å². The first kappa shape index (κ1) is 32.8. The lowest BCUT2D eigenvalue weighted by molar-refractivity contribution is -0.116. The number of hydrogen-bond donors (Lipinski definition) is 3. The summed E-state index contributed by atoms with van der Waals surface area (Å²) in [6.45, 7) is 3.95. The molecule has 0 aliphatic rings. The summed E-state index contributed by atoms with van der Waals surface area (Å²) in [5, 5.41) is 8.27. The van der Waals surface area contributed by atoms with Crippen molar-refractivity contribution in [3.05, 3.63) is 161 Å². The average molecular weight is 642 g/mol. The Morgan fingerprint density at radius 1 is 0.702 bits per heavy atom. The van der Waals surface area contributed by atoms with Gasteiger partial charge in [-0.2, -0.15) is 0 Å². The van der Waals surface area contributed by atoms with E-state index in [-0.39, 0.29) is 11.6 Å². The number of amides is 3. The van der Waals surface area contributed by atoms with Gasteiger partial charge in [0.25, 0.3) is 11.8 Å². The highest BCUT2D eigenvalue weighted by Gasteiger charge is 2.23. The second-order valence-corrected chi connectivity index (χ2v) is 12.0. The van der Waals surface area contributed by atoms with Crippen LogP contribution in [0.1, 0.15) is 37.9 Å². The molecule has 5 rings (SSSR count). The molecule has 0 fully saturated rings. The maximum Gasteiger partial charge on any atom is 0.272 e. The Hall–Kier alpha value is -5.60. The number of anilines is 2. The third-order valence-electron chi connectivity index (χ3n) is 7.39. The van der Waals surface area contributed by atoms with Crippen molar-refractivity contribution in [3.63, 3.8) is 0 Å².